The highest BCUT2D eigenvalue weighted by Gasteiger charge is 2.21. The zero-order valence-electron chi connectivity index (χ0n) is 13.2. The molecular formula is C17H24N4O. The molecule has 1 saturated heterocycles. The summed E-state index contributed by atoms with van der Waals surface area (Å²) in [5.74, 6) is 0.871. The summed E-state index contributed by atoms with van der Waals surface area (Å²) < 4.78 is 5.22. The molecule has 5 nitrogen and oxygen atoms in total. The van der Waals surface area contributed by atoms with Crippen LogP contribution in [0.4, 0.5) is 0 Å². The lowest BCUT2D eigenvalue weighted by atomic mass is 10.1. The fraction of sp³-hybridized carbons (Fsp3) is 0.529. The Morgan fingerprint density at radius 2 is 2.14 bits per heavy atom. The van der Waals surface area contributed by atoms with E-state index in [0.717, 1.165) is 43.3 Å². The Bertz CT molecular complexity index is 561. The van der Waals surface area contributed by atoms with Crippen LogP contribution in [0.2, 0.25) is 0 Å². The number of rotatable bonds is 5. The van der Waals surface area contributed by atoms with Crippen molar-refractivity contribution in [1.82, 2.24) is 20.4 Å². The lowest BCUT2D eigenvalue weighted by Gasteiger charge is -2.30. The largest absolute Gasteiger partial charge is 0.361 e. The molecule has 0 saturated carbocycles. The van der Waals surface area contributed by atoms with Crippen LogP contribution in [0.25, 0.3) is 0 Å². The van der Waals surface area contributed by atoms with Crippen LogP contribution in [0.1, 0.15) is 36.4 Å². The van der Waals surface area contributed by atoms with Gasteiger partial charge in [-0.05, 0) is 51.4 Å². The van der Waals surface area contributed by atoms with Gasteiger partial charge in [-0.25, -0.2) is 0 Å². The zero-order valence-corrected chi connectivity index (χ0v) is 13.2. The maximum absolute atomic E-state index is 5.22. The van der Waals surface area contributed by atoms with Gasteiger partial charge in [-0.3, -0.25) is 9.88 Å². The van der Waals surface area contributed by atoms with Gasteiger partial charge in [-0.2, -0.15) is 0 Å². The Morgan fingerprint density at radius 1 is 1.23 bits per heavy atom. The molecule has 0 bridgehead atoms. The molecule has 2 aromatic rings. The topological polar surface area (TPSA) is 54.2 Å². The molecule has 3 rings (SSSR count). The average Bonchev–Trinajstić information content (AvgIpc) is 2.78. The monoisotopic (exact) mass is 300 g/mol. The molecule has 1 atom stereocenters. The van der Waals surface area contributed by atoms with E-state index >= 15 is 0 Å². The SMILES string of the molecule is Cc1cc(CN(Cc2ccccn2)C2CCCNCC2)no1. The molecule has 1 unspecified atom stereocenters. The van der Waals surface area contributed by atoms with E-state index in [1.807, 2.05) is 25.3 Å². The van der Waals surface area contributed by atoms with Crippen LogP contribution in [0, 0.1) is 6.92 Å². The van der Waals surface area contributed by atoms with E-state index in [2.05, 4.69) is 32.5 Å². The molecule has 22 heavy (non-hydrogen) atoms. The molecule has 0 aliphatic carbocycles. The Hall–Kier alpha value is -1.72. The van der Waals surface area contributed by atoms with E-state index in [9.17, 15) is 0 Å². The Kier molecular flexibility index (Phi) is 5.19. The molecular weight excluding hydrogens is 276 g/mol. The van der Waals surface area contributed by atoms with Crippen molar-refractivity contribution in [3.63, 3.8) is 0 Å². The third-order valence-electron chi connectivity index (χ3n) is 4.19. The number of nitrogens with zero attached hydrogens (tertiary/aromatic N) is 3. The van der Waals surface area contributed by atoms with Gasteiger partial charge in [-0.15, -0.1) is 0 Å². The first kappa shape index (κ1) is 15.2. The first-order valence-electron chi connectivity index (χ1n) is 8.08. The Labute approximate surface area is 131 Å². The molecule has 1 N–H and O–H groups in total. The van der Waals surface area contributed by atoms with E-state index < -0.39 is 0 Å². The maximum atomic E-state index is 5.22. The molecule has 0 aromatic carbocycles. The summed E-state index contributed by atoms with van der Waals surface area (Å²) in [6, 6.07) is 8.70. The van der Waals surface area contributed by atoms with Crippen LogP contribution in [0.15, 0.2) is 35.0 Å². The first-order valence-corrected chi connectivity index (χ1v) is 8.08. The quantitative estimate of drug-likeness (QED) is 0.919. The van der Waals surface area contributed by atoms with E-state index in [1.165, 1.54) is 19.3 Å². The van der Waals surface area contributed by atoms with Gasteiger partial charge in [0.15, 0.2) is 0 Å². The van der Waals surface area contributed by atoms with Gasteiger partial charge >= 0.3 is 0 Å². The summed E-state index contributed by atoms with van der Waals surface area (Å²) >= 11 is 0. The van der Waals surface area contributed by atoms with Crippen molar-refractivity contribution < 1.29 is 4.52 Å². The van der Waals surface area contributed by atoms with Crippen LogP contribution in [-0.4, -0.2) is 34.2 Å². The molecule has 2 aromatic heterocycles. The van der Waals surface area contributed by atoms with Crippen LogP contribution < -0.4 is 5.32 Å². The Morgan fingerprint density at radius 3 is 2.91 bits per heavy atom. The molecule has 1 aliphatic rings. The third-order valence-corrected chi connectivity index (χ3v) is 4.19. The van der Waals surface area contributed by atoms with Crippen molar-refractivity contribution in [2.75, 3.05) is 13.1 Å². The normalized spacial score (nSPS) is 19.3. The number of aromatic nitrogens is 2. The highest BCUT2D eigenvalue weighted by molar-refractivity contribution is 5.06. The predicted octanol–water partition coefficient (Wildman–Crippen LogP) is 2.52. The van der Waals surface area contributed by atoms with Crippen LogP contribution in [-0.2, 0) is 13.1 Å². The van der Waals surface area contributed by atoms with Crippen LogP contribution in [0.3, 0.4) is 0 Å². The van der Waals surface area contributed by atoms with Gasteiger partial charge in [-0.1, -0.05) is 11.2 Å². The minimum absolute atomic E-state index is 0.564. The highest BCUT2D eigenvalue weighted by Crippen LogP contribution is 2.19. The van der Waals surface area contributed by atoms with Gasteiger partial charge in [0.1, 0.15) is 5.76 Å². The summed E-state index contributed by atoms with van der Waals surface area (Å²) in [5.41, 5.74) is 2.12. The maximum Gasteiger partial charge on any atom is 0.133 e. The second kappa shape index (κ2) is 7.51. The average molecular weight is 300 g/mol. The number of nitrogens with one attached hydrogen (secondary N) is 1. The number of aryl methyl sites for hydroxylation is 1. The molecule has 3 heterocycles. The van der Waals surface area contributed by atoms with E-state index in [1.54, 1.807) is 0 Å². The second-order valence-electron chi connectivity index (χ2n) is 5.99. The number of hydrogen-bond donors (Lipinski definition) is 1. The summed E-state index contributed by atoms with van der Waals surface area (Å²) in [5, 5.41) is 7.65. The predicted molar refractivity (Wildman–Crippen MR) is 85.2 cm³/mol. The molecule has 0 amide bonds. The Balaban J connectivity index is 1.74. The van der Waals surface area contributed by atoms with Crippen LogP contribution >= 0.6 is 0 Å². The van der Waals surface area contributed by atoms with Gasteiger partial charge in [0.25, 0.3) is 0 Å². The molecule has 5 heteroatoms. The van der Waals surface area contributed by atoms with Crippen LogP contribution in [0.5, 0.6) is 0 Å². The fourth-order valence-electron chi connectivity index (χ4n) is 3.08. The number of pyridine rings is 1. The molecule has 1 fully saturated rings. The highest BCUT2D eigenvalue weighted by atomic mass is 16.5. The number of hydrogen-bond acceptors (Lipinski definition) is 5. The standard InChI is InChI=1S/C17H24N4O/c1-14-11-16(20-22-14)13-21(12-15-5-2-3-9-19-15)17-6-4-8-18-10-7-17/h2-3,5,9,11,17-18H,4,6-8,10,12-13H2,1H3. The second-order valence-corrected chi connectivity index (χ2v) is 5.99. The van der Waals surface area contributed by atoms with Crippen molar-refractivity contribution in [1.29, 1.82) is 0 Å². The lowest BCUT2D eigenvalue weighted by Crippen LogP contribution is -2.35. The van der Waals surface area contributed by atoms with Gasteiger partial charge in [0.05, 0.1) is 11.4 Å². The van der Waals surface area contributed by atoms with Crippen molar-refractivity contribution in [2.24, 2.45) is 0 Å². The first-order chi connectivity index (χ1) is 10.8. The smallest absolute Gasteiger partial charge is 0.133 e. The van der Waals surface area contributed by atoms with E-state index in [-0.39, 0.29) is 0 Å². The summed E-state index contributed by atoms with van der Waals surface area (Å²) in [6.07, 6.45) is 5.48. The molecule has 1 aliphatic heterocycles. The van der Waals surface area contributed by atoms with Crippen molar-refractivity contribution in [3.8, 4) is 0 Å². The van der Waals surface area contributed by atoms with Gasteiger partial charge in [0.2, 0.25) is 0 Å². The van der Waals surface area contributed by atoms with E-state index in [0.29, 0.717) is 6.04 Å². The fourth-order valence-corrected chi connectivity index (χ4v) is 3.08. The lowest BCUT2D eigenvalue weighted by molar-refractivity contribution is 0.158. The van der Waals surface area contributed by atoms with Crippen molar-refractivity contribution in [2.45, 2.75) is 45.3 Å². The zero-order chi connectivity index (χ0) is 15.2. The van der Waals surface area contributed by atoms with E-state index in [4.69, 9.17) is 4.52 Å². The molecule has 0 spiro atoms. The molecule has 118 valence electrons. The molecule has 0 radical (unpaired) electrons. The van der Waals surface area contributed by atoms with Gasteiger partial charge < -0.3 is 9.84 Å². The van der Waals surface area contributed by atoms with Crippen molar-refractivity contribution in [3.05, 3.63) is 47.6 Å². The third kappa shape index (κ3) is 4.15. The summed E-state index contributed by atoms with van der Waals surface area (Å²) in [4.78, 5) is 6.98. The van der Waals surface area contributed by atoms with Gasteiger partial charge in [0, 0.05) is 31.4 Å². The van der Waals surface area contributed by atoms with Crippen molar-refractivity contribution >= 4 is 0 Å². The minimum atomic E-state index is 0.564. The minimum Gasteiger partial charge on any atom is -0.361 e. The summed E-state index contributed by atoms with van der Waals surface area (Å²) in [6.45, 7) is 5.82. The summed E-state index contributed by atoms with van der Waals surface area (Å²) in [7, 11) is 0.